The fourth-order valence-electron chi connectivity index (χ4n) is 1.78. The quantitative estimate of drug-likeness (QED) is 0.483. The van der Waals surface area contributed by atoms with E-state index in [4.69, 9.17) is 9.84 Å². The zero-order chi connectivity index (χ0) is 9.26. The van der Waals surface area contributed by atoms with Gasteiger partial charge in [0.1, 0.15) is 0 Å². The predicted octanol–water partition coefficient (Wildman–Crippen LogP) is -1.16. The third kappa shape index (κ3) is 2.09. The zero-order valence-corrected chi connectivity index (χ0v) is 7.19. The first kappa shape index (κ1) is 8.74. The van der Waals surface area contributed by atoms with Crippen molar-refractivity contribution in [1.82, 2.24) is 15.8 Å². The molecule has 0 aromatic carbocycles. The van der Waals surface area contributed by atoms with Crippen LogP contribution in [0.3, 0.4) is 0 Å². The molecular weight excluding hydrogens is 174 g/mol. The molecule has 2 atom stereocenters. The molecule has 0 spiro atoms. The first-order chi connectivity index (χ1) is 6.24. The SMILES string of the molecule is O=C(O)NN1CC2CNCC(C1)O2. The van der Waals surface area contributed by atoms with Crippen LogP contribution < -0.4 is 10.7 Å². The lowest BCUT2D eigenvalue weighted by Crippen LogP contribution is -2.61. The topological polar surface area (TPSA) is 73.8 Å². The fourth-order valence-corrected chi connectivity index (χ4v) is 1.78. The molecule has 2 saturated heterocycles. The van der Waals surface area contributed by atoms with Gasteiger partial charge >= 0.3 is 6.09 Å². The van der Waals surface area contributed by atoms with Crippen molar-refractivity contribution in [3.05, 3.63) is 0 Å². The monoisotopic (exact) mass is 187 g/mol. The molecule has 2 unspecified atom stereocenters. The number of morpholine rings is 2. The van der Waals surface area contributed by atoms with E-state index in [1.165, 1.54) is 0 Å². The largest absolute Gasteiger partial charge is 0.464 e. The van der Waals surface area contributed by atoms with E-state index in [0.717, 1.165) is 13.1 Å². The summed E-state index contributed by atoms with van der Waals surface area (Å²) in [5.74, 6) is 0. The molecule has 6 heteroatoms. The number of hydrazine groups is 1. The Balaban J connectivity index is 1.90. The number of nitrogens with one attached hydrogen (secondary N) is 2. The molecule has 2 heterocycles. The summed E-state index contributed by atoms with van der Waals surface area (Å²) in [6.07, 6.45) is -0.786. The van der Waals surface area contributed by atoms with Gasteiger partial charge in [-0.3, -0.25) is 5.43 Å². The van der Waals surface area contributed by atoms with Gasteiger partial charge in [-0.2, -0.15) is 0 Å². The van der Waals surface area contributed by atoms with E-state index < -0.39 is 6.09 Å². The van der Waals surface area contributed by atoms with E-state index >= 15 is 0 Å². The summed E-state index contributed by atoms with van der Waals surface area (Å²) in [6, 6.07) is 0. The number of nitrogens with zero attached hydrogens (tertiary/aromatic N) is 1. The Kier molecular flexibility index (Phi) is 2.34. The normalized spacial score (nSPS) is 34.2. The van der Waals surface area contributed by atoms with Crippen LogP contribution in [-0.2, 0) is 4.74 Å². The van der Waals surface area contributed by atoms with E-state index in [9.17, 15) is 4.79 Å². The average Bonchev–Trinajstić information content (AvgIpc) is 2.01. The number of rotatable bonds is 1. The van der Waals surface area contributed by atoms with Crippen molar-refractivity contribution in [3.8, 4) is 0 Å². The Morgan fingerprint density at radius 2 is 2.08 bits per heavy atom. The summed E-state index contributed by atoms with van der Waals surface area (Å²) in [4.78, 5) is 10.4. The fraction of sp³-hybridized carbons (Fsp3) is 0.857. The van der Waals surface area contributed by atoms with Crippen LogP contribution in [0.25, 0.3) is 0 Å². The summed E-state index contributed by atoms with van der Waals surface area (Å²) in [5.41, 5.74) is 2.35. The maximum atomic E-state index is 10.4. The maximum Gasteiger partial charge on any atom is 0.419 e. The third-order valence-corrected chi connectivity index (χ3v) is 2.23. The second kappa shape index (κ2) is 3.49. The second-order valence-electron chi connectivity index (χ2n) is 3.36. The van der Waals surface area contributed by atoms with Gasteiger partial charge in [-0.25, -0.2) is 9.80 Å². The van der Waals surface area contributed by atoms with Crippen molar-refractivity contribution in [3.63, 3.8) is 0 Å². The minimum atomic E-state index is -1.01. The van der Waals surface area contributed by atoms with E-state index in [1.807, 2.05) is 0 Å². The van der Waals surface area contributed by atoms with Gasteiger partial charge in [0.2, 0.25) is 0 Å². The van der Waals surface area contributed by atoms with Gasteiger partial charge in [0.25, 0.3) is 0 Å². The van der Waals surface area contributed by atoms with Crippen molar-refractivity contribution in [2.75, 3.05) is 26.2 Å². The zero-order valence-electron chi connectivity index (χ0n) is 7.19. The standard InChI is InChI=1S/C7H13N3O3/c11-7(12)9-10-3-5-1-8-2-6(4-10)13-5/h5-6,8-9H,1-4H2,(H,11,12). The Labute approximate surface area is 75.8 Å². The maximum absolute atomic E-state index is 10.4. The first-order valence-electron chi connectivity index (χ1n) is 4.35. The van der Waals surface area contributed by atoms with Gasteiger partial charge in [-0.15, -0.1) is 0 Å². The van der Waals surface area contributed by atoms with Crippen molar-refractivity contribution in [2.24, 2.45) is 0 Å². The van der Waals surface area contributed by atoms with Crippen molar-refractivity contribution >= 4 is 6.09 Å². The number of carbonyl (C=O) groups is 1. The molecule has 3 N–H and O–H groups in total. The molecule has 2 bridgehead atoms. The highest BCUT2D eigenvalue weighted by molar-refractivity contribution is 5.63. The predicted molar refractivity (Wildman–Crippen MR) is 44.3 cm³/mol. The van der Waals surface area contributed by atoms with Gasteiger partial charge in [0.15, 0.2) is 0 Å². The van der Waals surface area contributed by atoms with Crippen LogP contribution in [0.15, 0.2) is 0 Å². The summed E-state index contributed by atoms with van der Waals surface area (Å²) >= 11 is 0. The minimum absolute atomic E-state index is 0.111. The highest BCUT2D eigenvalue weighted by Crippen LogP contribution is 2.11. The first-order valence-corrected chi connectivity index (χ1v) is 4.35. The van der Waals surface area contributed by atoms with E-state index in [1.54, 1.807) is 5.01 Å². The summed E-state index contributed by atoms with van der Waals surface area (Å²) in [6.45, 7) is 2.84. The Morgan fingerprint density at radius 1 is 1.46 bits per heavy atom. The van der Waals surface area contributed by atoms with Crippen LogP contribution in [0.1, 0.15) is 0 Å². The van der Waals surface area contributed by atoms with Crippen LogP contribution in [0, 0.1) is 0 Å². The molecule has 0 aromatic heterocycles. The smallest absolute Gasteiger partial charge is 0.419 e. The van der Waals surface area contributed by atoms with Gasteiger partial charge in [0, 0.05) is 26.2 Å². The molecule has 2 aliphatic heterocycles. The van der Waals surface area contributed by atoms with Gasteiger partial charge in [0.05, 0.1) is 12.2 Å². The third-order valence-electron chi connectivity index (χ3n) is 2.23. The molecule has 6 nitrogen and oxygen atoms in total. The Bertz CT molecular complexity index is 199. The Hall–Kier alpha value is -0.850. The summed E-state index contributed by atoms with van der Waals surface area (Å²) in [5, 5.41) is 13.4. The molecule has 1 amide bonds. The highest BCUT2D eigenvalue weighted by atomic mass is 16.5. The summed E-state index contributed by atoms with van der Waals surface area (Å²) in [7, 11) is 0. The number of fused-ring (bicyclic) bond motifs is 2. The molecule has 0 aliphatic carbocycles. The number of hydrogen-bond acceptors (Lipinski definition) is 4. The van der Waals surface area contributed by atoms with E-state index in [0.29, 0.717) is 13.1 Å². The van der Waals surface area contributed by atoms with Crippen molar-refractivity contribution in [1.29, 1.82) is 0 Å². The van der Waals surface area contributed by atoms with Crippen LogP contribution in [0.5, 0.6) is 0 Å². The summed E-state index contributed by atoms with van der Waals surface area (Å²) < 4.78 is 5.60. The lowest BCUT2D eigenvalue weighted by Gasteiger charge is -2.41. The number of amides is 1. The lowest BCUT2D eigenvalue weighted by molar-refractivity contribution is -0.113. The molecule has 13 heavy (non-hydrogen) atoms. The van der Waals surface area contributed by atoms with E-state index in [-0.39, 0.29) is 12.2 Å². The van der Waals surface area contributed by atoms with Gasteiger partial charge < -0.3 is 15.2 Å². The van der Waals surface area contributed by atoms with Gasteiger partial charge in [-0.1, -0.05) is 0 Å². The molecular formula is C7H13N3O3. The molecule has 0 radical (unpaired) electrons. The number of hydrogen-bond donors (Lipinski definition) is 3. The molecule has 2 rings (SSSR count). The lowest BCUT2D eigenvalue weighted by atomic mass is 10.2. The van der Waals surface area contributed by atoms with Crippen LogP contribution in [0.2, 0.25) is 0 Å². The minimum Gasteiger partial charge on any atom is -0.464 e. The highest BCUT2D eigenvalue weighted by Gasteiger charge is 2.31. The molecule has 0 aromatic rings. The van der Waals surface area contributed by atoms with Crippen LogP contribution in [-0.4, -0.2) is 54.6 Å². The number of carboxylic acid groups (broad SMARTS) is 1. The second-order valence-corrected chi connectivity index (χ2v) is 3.36. The molecule has 0 saturated carbocycles. The molecule has 2 aliphatic rings. The number of ether oxygens (including phenoxy) is 1. The van der Waals surface area contributed by atoms with Crippen molar-refractivity contribution < 1.29 is 14.6 Å². The average molecular weight is 187 g/mol. The van der Waals surface area contributed by atoms with E-state index in [2.05, 4.69) is 10.7 Å². The molecule has 2 fully saturated rings. The van der Waals surface area contributed by atoms with Crippen LogP contribution >= 0.6 is 0 Å². The molecule has 74 valence electrons. The van der Waals surface area contributed by atoms with Crippen LogP contribution in [0.4, 0.5) is 4.79 Å². The van der Waals surface area contributed by atoms with Gasteiger partial charge in [-0.05, 0) is 0 Å². The Morgan fingerprint density at radius 3 is 2.62 bits per heavy atom. The van der Waals surface area contributed by atoms with Crippen molar-refractivity contribution in [2.45, 2.75) is 12.2 Å².